The molecule has 106 valence electrons. The highest BCUT2D eigenvalue weighted by molar-refractivity contribution is 5.47. The van der Waals surface area contributed by atoms with Gasteiger partial charge in [-0.1, -0.05) is 12.1 Å². The van der Waals surface area contributed by atoms with E-state index >= 15 is 0 Å². The average molecular weight is 281 g/mol. The van der Waals surface area contributed by atoms with Crippen LogP contribution in [0.4, 0.5) is 0 Å². The fourth-order valence-corrected chi connectivity index (χ4v) is 1.87. The molecule has 3 aromatic rings. The molecule has 6 heteroatoms. The zero-order valence-electron chi connectivity index (χ0n) is 11.8. The molecule has 0 aliphatic carbocycles. The second-order valence-corrected chi connectivity index (χ2v) is 4.78. The fraction of sp³-hybridized carbons (Fsp3) is 0.200. The SMILES string of the molecule is CC(C)Oc1cccc(-n2nnc(-c3ccccn3)n2)c1. The van der Waals surface area contributed by atoms with Crippen molar-refractivity contribution in [1.82, 2.24) is 25.2 Å². The maximum atomic E-state index is 5.67. The highest BCUT2D eigenvalue weighted by Gasteiger charge is 2.08. The van der Waals surface area contributed by atoms with Crippen LogP contribution < -0.4 is 4.74 Å². The van der Waals surface area contributed by atoms with Crippen LogP contribution in [0.15, 0.2) is 48.7 Å². The van der Waals surface area contributed by atoms with Crippen molar-refractivity contribution in [2.24, 2.45) is 0 Å². The Morgan fingerprint density at radius 1 is 1.10 bits per heavy atom. The van der Waals surface area contributed by atoms with E-state index in [1.807, 2.05) is 56.3 Å². The predicted molar refractivity (Wildman–Crippen MR) is 78.1 cm³/mol. The Morgan fingerprint density at radius 3 is 2.76 bits per heavy atom. The summed E-state index contributed by atoms with van der Waals surface area (Å²) < 4.78 is 5.67. The summed E-state index contributed by atoms with van der Waals surface area (Å²) in [6.07, 6.45) is 1.82. The van der Waals surface area contributed by atoms with E-state index in [1.54, 1.807) is 6.20 Å². The normalized spacial score (nSPS) is 10.8. The van der Waals surface area contributed by atoms with E-state index in [9.17, 15) is 0 Å². The van der Waals surface area contributed by atoms with Gasteiger partial charge in [0.25, 0.3) is 0 Å². The molecule has 0 saturated heterocycles. The van der Waals surface area contributed by atoms with Gasteiger partial charge in [-0.3, -0.25) is 4.98 Å². The molecule has 0 N–H and O–H groups in total. The minimum absolute atomic E-state index is 0.119. The van der Waals surface area contributed by atoms with Gasteiger partial charge in [-0.2, -0.15) is 0 Å². The van der Waals surface area contributed by atoms with Gasteiger partial charge in [0.1, 0.15) is 11.4 Å². The van der Waals surface area contributed by atoms with Gasteiger partial charge < -0.3 is 4.74 Å². The van der Waals surface area contributed by atoms with Crippen molar-refractivity contribution in [3.8, 4) is 23.0 Å². The molecular formula is C15H15N5O. The molecule has 0 atom stereocenters. The molecule has 0 amide bonds. The Bertz CT molecular complexity index is 724. The minimum Gasteiger partial charge on any atom is -0.491 e. The first-order chi connectivity index (χ1) is 10.2. The number of benzene rings is 1. The summed E-state index contributed by atoms with van der Waals surface area (Å²) in [7, 11) is 0. The molecule has 0 bridgehead atoms. The van der Waals surface area contributed by atoms with Gasteiger partial charge in [-0.25, -0.2) is 0 Å². The molecule has 0 spiro atoms. The number of nitrogens with zero attached hydrogens (tertiary/aromatic N) is 5. The van der Waals surface area contributed by atoms with E-state index < -0.39 is 0 Å². The van der Waals surface area contributed by atoms with Crippen LogP contribution in [0, 0.1) is 0 Å². The van der Waals surface area contributed by atoms with Gasteiger partial charge in [0, 0.05) is 12.3 Å². The van der Waals surface area contributed by atoms with Crippen LogP contribution in [0.5, 0.6) is 5.75 Å². The van der Waals surface area contributed by atoms with Crippen LogP contribution in [0.1, 0.15) is 13.8 Å². The van der Waals surface area contributed by atoms with Crippen molar-refractivity contribution in [3.05, 3.63) is 48.7 Å². The fourth-order valence-electron chi connectivity index (χ4n) is 1.87. The first-order valence-corrected chi connectivity index (χ1v) is 6.71. The summed E-state index contributed by atoms with van der Waals surface area (Å²) in [5.74, 6) is 1.27. The molecule has 6 nitrogen and oxygen atoms in total. The third-order valence-corrected chi connectivity index (χ3v) is 2.73. The molecule has 0 radical (unpaired) electrons. The molecule has 2 heterocycles. The van der Waals surface area contributed by atoms with Gasteiger partial charge in [-0.05, 0) is 43.3 Å². The predicted octanol–water partition coefficient (Wildman–Crippen LogP) is 2.51. The smallest absolute Gasteiger partial charge is 0.223 e. The Kier molecular flexibility index (Phi) is 3.59. The molecule has 0 aliphatic rings. The average Bonchev–Trinajstić information content (AvgIpc) is 2.98. The third-order valence-electron chi connectivity index (χ3n) is 2.73. The second-order valence-electron chi connectivity index (χ2n) is 4.78. The summed E-state index contributed by atoms with van der Waals surface area (Å²) in [4.78, 5) is 5.68. The lowest BCUT2D eigenvalue weighted by molar-refractivity contribution is 0.242. The standard InChI is InChI=1S/C15H15N5O/c1-11(2)21-13-7-5-6-12(10-13)20-18-15(17-19-20)14-8-3-4-9-16-14/h3-11H,1-2H3. The molecule has 21 heavy (non-hydrogen) atoms. The van der Waals surface area contributed by atoms with Crippen molar-refractivity contribution in [2.45, 2.75) is 20.0 Å². The largest absolute Gasteiger partial charge is 0.491 e. The summed E-state index contributed by atoms with van der Waals surface area (Å²) in [5, 5.41) is 12.4. The van der Waals surface area contributed by atoms with Gasteiger partial charge in [-0.15, -0.1) is 15.0 Å². The van der Waals surface area contributed by atoms with Crippen molar-refractivity contribution in [1.29, 1.82) is 0 Å². The minimum atomic E-state index is 0.119. The van der Waals surface area contributed by atoms with Gasteiger partial charge >= 0.3 is 0 Å². The lowest BCUT2D eigenvalue weighted by atomic mass is 10.3. The number of aromatic nitrogens is 5. The number of ether oxygens (including phenoxy) is 1. The first kappa shape index (κ1) is 13.2. The van der Waals surface area contributed by atoms with E-state index in [1.165, 1.54) is 4.80 Å². The van der Waals surface area contributed by atoms with E-state index in [2.05, 4.69) is 20.4 Å². The Balaban J connectivity index is 1.90. The Hall–Kier alpha value is -2.76. The number of hydrogen-bond acceptors (Lipinski definition) is 5. The van der Waals surface area contributed by atoms with E-state index in [0.717, 1.165) is 11.4 Å². The van der Waals surface area contributed by atoms with Gasteiger partial charge in [0.05, 0.1) is 11.8 Å². The number of rotatable bonds is 4. The number of hydrogen-bond donors (Lipinski definition) is 0. The Morgan fingerprint density at radius 2 is 2.00 bits per heavy atom. The van der Waals surface area contributed by atoms with Gasteiger partial charge in [0.15, 0.2) is 0 Å². The molecule has 1 aromatic carbocycles. The van der Waals surface area contributed by atoms with Crippen molar-refractivity contribution in [2.75, 3.05) is 0 Å². The van der Waals surface area contributed by atoms with Crippen LogP contribution >= 0.6 is 0 Å². The molecule has 0 unspecified atom stereocenters. The van der Waals surface area contributed by atoms with E-state index in [0.29, 0.717) is 11.5 Å². The van der Waals surface area contributed by atoms with Crippen molar-refractivity contribution < 1.29 is 4.74 Å². The van der Waals surface area contributed by atoms with E-state index in [-0.39, 0.29) is 6.10 Å². The zero-order chi connectivity index (χ0) is 14.7. The van der Waals surface area contributed by atoms with Crippen LogP contribution in [0.2, 0.25) is 0 Å². The van der Waals surface area contributed by atoms with Crippen LogP contribution in [-0.4, -0.2) is 31.3 Å². The Labute approximate surface area is 122 Å². The number of pyridine rings is 1. The maximum Gasteiger partial charge on any atom is 0.223 e. The lowest BCUT2D eigenvalue weighted by Gasteiger charge is -2.10. The molecular weight excluding hydrogens is 266 g/mol. The van der Waals surface area contributed by atoms with Gasteiger partial charge in [0.2, 0.25) is 5.82 Å². The first-order valence-electron chi connectivity index (χ1n) is 6.71. The molecule has 0 saturated carbocycles. The van der Waals surface area contributed by atoms with Crippen molar-refractivity contribution >= 4 is 0 Å². The summed E-state index contributed by atoms with van der Waals surface area (Å²) in [5.41, 5.74) is 1.49. The van der Waals surface area contributed by atoms with E-state index in [4.69, 9.17) is 4.74 Å². The monoisotopic (exact) mass is 281 g/mol. The highest BCUT2D eigenvalue weighted by atomic mass is 16.5. The third kappa shape index (κ3) is 3.05. The van der Waals surface area contributed by atoms with Crippen molar-refractivity contribution in [3.63, 3.8) is 0 Å². The van der Waals surface area contributed by atoms with Crippen LogP contribution in [-0.2, 0) is 0 Å². The number of tetrazole rings is 1. The second kappa shape index (κ2) is 5.70. The lowest BCUT2D eigenvalue weighted by Crippen LogP contribution is -2.06. The van der Waals surface area contributed by atoms with Crippen LogP contribution in [0.3, 0.4) is 0 Å². The zero-order valence-corrected chi connectivity index (χ0v) is 11.8. The molecule has 3 rings (SSSR count). The van der Waals surface area contributed by atoms with Crippen LogP contribution in [0.25, 0.3) is 17.2 Å². The maximum absolute atomic E-state index is 5.67. The molecule has 2 aromatic heterocycles. The highest BCUT2D eigenvalue weighted by Crippen LogP contribution is 2.17. The topological polar surface area (TPSA) is 65.7 Å². The quantitative estimate of drug-likeness (QED) is 0.735. The summed E-state index contributed by atoms with van der Waals surface area (Å²) >= 11 is 0. The summed E-state index contributed by atoms with van der Waals surface area (Å²) in [6, 6.07) is 13.2. The summed E-state index contributed by atoms with van der Waals surface area (Å²) in [6.45, 7) is 3.97. The molecule has 0 aliphatic heterocycles. The molecule has 0 fully saturated rings.